The Morgan fingerprint density at radius 2 is 2.19 bits per heavy atom. The minimum absolute atomic E-state index is 0.487. The lowest BCUT2D eigenvalue weighted by Crippen LogP contribution is -2.41. The number of thiophene rings is 1. The molecular formula is C18H31N7OS. The lowest BCUT2D eigenvalue weighted by molar-refractivity contribution is 0.180. The van der Waals surface area contributed by atoms with Crippen LogP contribution in [0.3, 0.4) is 0 Å². The Labute approximate surface area is 165 Å². The molecule has 8 nitrogen and oxygen atoms in total. The first-order valence-electron chi connectivity index (χ1n) is 9.17. The van der Waals surface area contributed by atoms with Gasteiger partial charge in [0.2, 0.25) is 0 Å². The lowest BCUT2D eigenvalue weighted by atomic mass is 10.4. The fourth-order valence-corrected chi connectivity index (χ4v) is 3.10. The summed E-state index contributed by atoms with van der Waals surface area (Å²) in [7, 11) is 5.82. The summed E-state index contributed by atoms with van der Waals surface area (Å²) in [5, 5.41) is 17.2. The number of rotatable bonds is 11. The first-order valence-corrected chi connectivity index (χ1v) is 10.0. The van der Waals surface area contributed by atoms with Gasteiger partial charge in [0.05, 0.1) is 6.54 Å². The SMILES string of the molecule is COCCCN(C)CCNC(=NCc1nnc(C)n1C)NCc1cccs1. The van der Waals surface area contributed by atoms with Crippen molar-refractivity contribution < 1.29 is 4.74 Å². The fourth-order valence-electron chi connectivity index (χ4n) is 2.45. The summed E-state index contributed by atoms with van der Waals surface area (Å²) < 4.78 is 7.07. The van der Waals surface area contributed by atoms with Gasteiger partial charge in [-0.25, -0.2) is 4.99 Å². The molecule has 2 heterocycles. The van der Waals surface area contributed by atoms with Crippen LogP contribution < -0.4 is 10.6 Å². The highest BCUT2D eigenvalue weighted by Gasteiger charge is 2.06. The molecule has 0 aromatic carbocycles. The molecule has 0 aliphatic heterocycles. The second-order valence-electron chi connectivity index (χ2n) is 6.40. The quantitative estimate of drug-likeness (QED) is 0.341. The summed E-state index contributed by atoms with van der Waals surface area (Å²) in [5.41, 5.74) is 0. The Bertz CT molecular complexity index is 684. The number of likely N-dealkylation sites (N-methyl/N-ethyl adjacent to an activating group) is 1. The Hall–Kier alpha value is -1.97. The van der Waals surface area contributed by atoms with Crippen LogP contribution in [0.4, 0.5) is 0 Å². The number of guanidine groups is 1. The number of hydrogen-bond donors (Lipinski definition) is 2. The van der Waals surface area contributed by atoms with Gasteiger partial charge in [-0.3, -0.25) is 0 Å². The maximum Gasteiger partial charge on any atom is 0.192 e. The van der Waals surface area contributed by atoms with Crippen LogP contribution in [0.15, 0.2) is 22.5 Å². The predicted octanol–water partition coefficient (Wildman–Crippen LogP) is 1.39. The Morgan fingerprint density at radius 3 is 2.85 bits per heavy atom. The van der Waals surface area contributed by atoms with Crippen LogP contribution >= 0.6 is 11.3 Å². The average molecular weight is 394 g/mol. The fraction of sp³-hybridized carbons (Fsp3) is 0.611. The van der Waals surface area contributed by atoms with E-state index in [1.54, 1.807) is 18.4 Å². The summed E-state index contributed by atoms with van der Waals surface area (Å²) >= 11 is 1.73. The molecule has 0 atom stereocenters. The zero-order valence-electron chi connectivity index (χ0n) is 16.7. The summed E-state index contributed by atoms with van der Waals surface area (Å²) in [6.45, 7) is 6.75. The van der Waals surface area contributed by atoms with Gasteiger partial charge in [0.25, 0.3) is 0 Å². The molecule has 2 rings (SSSR count). The van der Waals surface area contributed by atoms with Crippen LogP contribution in [0.1, 0.15) is 22.9 Å². The number of aliphatic imine (C=N–C) groups is 1. The molecule has 0 unspecified atom stereocenters. The molecule has 9 heteroatoms. The molecule has 150 valence electrons. The molecule has 0 aliphatic carbocycles. The van der Waals surface area contributed by atoms with E-state index in [1.165, 1.54) is 4.88 Å². The molecule has 0 fully saturated rings. The number of aryl methyl sites for hydroxylation is 1. The van der Waals surface area contributed by atoms with Crippen LogP contribution in [-0.4, -0.2) is 66.0 Å². The predicted molar refractivity (Wildman–Crippen MR) is 110 cm³/mol. The molecule has 0 amide bonds. The normalized spacial score (nSPS) is 12.0. The van der Waals surface area contributed by atoms with Crippen molar-refractivity contribution >= 4 is 17.3 Å². The van der Waals surface area contributed by atoms with Crippen LogP contribution in [-0.2, 0) is 24.9 Å². The van der Waals surface area contributed by atoms with Crippen molar-refractivity contribution in [1.29, 1.82) is 0 Å². The summed E-state index contributed by atoms with van der Waals surface area (Å²) in [6, 6.07) is 4.17. The molecule has 0 bridgehead atoms. The first kappa shape index (κ1) is 21.3. The van der Waals surface area contributed by atoms with Gasteiger partial charge in [-0.1, -0.05) is 6.07 Å². The first-order chi connectivity index (χ1) is 13.1. The summed E-state index contributed by atoms with van der Waals surface area (Å²) in [4.78, 5) is 8.24. The highest BCUT2D eigenvalue weighted by Crippen LogP contribution is 2.07. The minimum atomic E-state index is 0.487. The van der Waals surface area contributed by atoms with Crippen molar-refractivity contribution in [3.05, 3.63) is 34.0 Å². The molecule has 27 heavy (non-hydrogen) atoms. The average Bonchev–Trinajstić information content (AvgIpc) is 3.28. The van der Waals surface area contributed by atoms with Crippen LogP contribution in [0.25, 0.3) is 0 Å². The Balaban J connectivity index is 1.86. The zero-order valence-corrected chi connectivity index (χ0v) is 17.6. The van der Waals surface area contributed by atoms with Gasteiger partial charge < -0.3 is 24.8 Å². The molecule has 0 aliphatic rings. The molecular weight excluding hydrogens is 362 g/mol. The van der Waals surface area contributed by atoms with E-state index < -0.39 is 0 Å². The largest absolute Gasteiger partial charge is 0.385 e. The maximum absolute atomic E-state index is 5.10. The molecule has 0 spiro atoms. The third-order valence-electron chi connectivity index (χ3n) is 4.25. The van der Waals surface area contributed by atoms with Crippen molar-refractivity contribution in [3.63, 3.8) is 0 Å². The summed E-state index contributed by atoms with van der Waals surface area (Å²) in [6.07, 6.45) is 1.04. The van der Waals surface area contributed by atoms with Crippen molar-refractivity contribution in [1.82, 2.24) is 30.3 Å². The van der Waals surface area contributed by atoms with Gasteiger partial charge >= 0.3 is 0 Å². The van der Waals surface area contributed by atoms with Crippen molar-refractivity contribution in [3.8, 4) is 0 Å². The molecule has 2 aromatic rings. The number of methoxy groups -OCH3 is 1. The standard InChI is InChI=1S/C18H31N7OS/c1-15-22-23-17(25(15)3)14-21-18(20-13-16-7-5-12-27-16)19-8-10-24(2)9-6-11-26-4/h5,7,12H,6,8-11,13-14H2,1-4H3,(H2,19,20,21). The number of nitrogens with one attached hydrogen (secondary N) is 2. The van der Waals surface area contributed by atoms with Gasteiger partial charge in [0.15, 0.2) is 11.8 Å². The van der Waals surface area contributed by atoms with Crippen molar-refractivity contribution in [2.24, 2.45) is 12.0 Å². The van der Waals surface area contributed by atoms with E-state index in [0.29, 0.717) is 6.54 Å². The van der Waals surface area contributed by atoms with E-state index in [0.717, 1.165) is 56.8 Å². The van der Waals surface area contributed by atoms with Crippen LogP contribution in [0.2, 0.25) is 0 Å². The highest BCUT2D eigenvalue weighted by atomic mass is 32.1. The molecule has 2 aromatic heterocycles. The highest BCUT2D eigenvalue weighted by molar-refractivity contribution is 7.09. The van der Waals surface area contributed by atoms with Gasteiger partial charge in [-0.15, -0.1) is 21.5 Å². The van der Waals surface area contributed by atoms with Gasteiger partial charge in [-0.2, -0.15) is 0 Å². The molecule has 0 saturated heterocycles. The Morgan fingerprint density at radius 1 is 1.33 bits per heavy atom. The smallest absolute Gasteiger partial charge is 0.192 e. The monoisotopic (exact) mass is 393 g/mol. The molecule has 2 N–H and O–H groups in total. The maximum atomic E-state index is 5.10. The van der Waals surface area contributed by atoms with Gasteiger partial charge in [-0.05, 0) is 31.8 Å². The zero-order chi connectivity index (χ0) is 19.5. The summed E-state index contributed by atoms with van der Waals surface area (Å²) in [5.74, 6) is 2.52. The third-order valence-corrected chi connectivity index (χ3v) is 5.12. The lowest BCUT2D eigenvalue weighted by Gasteiger charge is -2.18. The van der Waals surface area contributed by atoms with E-state index in [2.05, 4.69) is 55.3 Å². The third kappa shape index (κ3) is 7.66. The Kier molecular flexibility index (Phi) is 9.23. The minimum Gasteiger partial charge on any atom is -0.385 e. The number of aromatic nitrogens is 3. The molecule has 0 radical (unpaired) electrons. The van der Waals surface area contributed by atoms with Crippen LogP contribution in [0.5, 0.6) is 0 Å². The van der Waals surface area contributed by atoms with E-state index in [9.17, 15) is 0 Å². The van der Waals surface area contributed by atoms with Crippen molar-refractivity contribution in [2.75, 3.05) is 40.4 Å². The topological polar surface area (TPSA) is 79.6 Å². The van der Waals surface area contributed by atoms with E-state index in [1.807, 2.05) is 18.5 Å². The molecule has 0 saturated carbocycles. The second-order valence-corrected chi connectivity index (χ2v) is 7.43. The second kappa shape index (κ2) is 11.7. The van der Waals surface area contributed by atoms with E-state index in [4.69, 9.17) is 4.74 Å². The number of ether oxygens (including phenoxy) is 1. The van der Waals surface area contributed by atoms with E-state index in [-0.39, 0.29) is 0 Å². The number of nitrogens with zero attached hydrogens (tertiary/aromatic N) is 5. The van der Waals surface area contributed by atoms with Crippen LogP contribution in [0, 0.1) is 6.92 Å². The van der Waals surface area contributed by atoms with Crippen molar-refractivity contribution in [2.45, 2.75) is 26.4 Å². The number of hydrogen-bond acceptors (Lipinski definition) is 6. The van der Waals surface area contributed by atoms with E-state index >= 15 is 0 Å². The van der Waals surface area contributed by atoms with Gasteiger partial charge in [0.1, 0.15) is 12.4 Å². The van der Waals surface area contributed by atoms with Gasteiger partial charge in [0, 0.05) is 45.3 Å².